The maximum Gasteiger partial charge on any atom is 0.255 e. The summed E-state index contributed by atoms with van der Waals surface area (Å²) < 4.78 is 5.56. The van der Waals surface area contributed by atoms with Crippen LogP contribution in [0.15, 0.2) is 30.3 Å². The van der Waals surface area contributed by atoms with Gasteiger partial charge in [-0.05, 0) is 32.4 Å². The number of amides is 1. The third-order valence-corrected chi connectivity index (χ3v) is 2.97. The number of hydrogen-bond acceptors (Lipinski definition) is 3. The molecule has 2 rings (SSSR count). The lowest BCUT2D eigenvalue weighted by Gasteiger charge is -2.07. The second kappa shape index (κ2) is 6.75. The van der Waals surface area contributed by atoms with Crippen LogP contribution in [0.2, 0.25) is 0 Å². The molecule has 1 heterocycles. The number of aromatic nitrogens is 2. The molecule has 1 aromatic heterocycles. The predicted molar refractivity (Wildman–Crippen MR) is 76.9 cm³/mol. The molecule has 2 N–H and O–H groups in total. The van der Waals surface area contributed by atoms with Crippen molar-refractivity contribution in [2.24, 2.45) is 0 Å². The zero-order valence-electron chi connectivity index (χ0n) is 11.8. The van der Waals surface area contributed by atoms with E-state index in [4.69, 9.17) is 4.74 Å². The minimum Gasteiger partial charge on any atom is -0.494 e. The van der Waals surface area contributed by atoms with Crippen LogP contribution >= 0.6 is 0 Å². The summed E-state index contributed by atoms with van der Waals surface area (Å²) >= 11 is 0. The van der Waals surface area contributed by atoms with Crippen molar-refractivity contribution in [2.45, 2.75) is 20.3 Å². The fraction of sp³-hybridized carbons (Fsp3) is 0.333. The van der Waals surface area contributed by atoms with Crippen LogP contribution in [-0.4, -0.2) is 29.3 Å². The largest absolute Gasteiger partial charge is 0.494 e. The number of para-hydroxylation sites is 1. The van der Waals surface area contributed by atoms with Crippen molar-refractivity contribution in [1.82, 2.24) is 15.5 Å². The van der Waals surface area contributed by atoms with Gasteiger partial charge in [-0.1, -0.05) is 18.2 Å². The Labute approximate surface area is 118 Å². The zero-order valence-corrected chi connectivity index (χ0v) is 11.8. The van der Waals surface area contributed by atoms with E-state index in [1.54, 1.807) is 0 Å². The highest BCUT2D eigenvalue weighted by Gasteiger charge is 2.14. The summed E-state index contributed by atoms with van der Waals surface area (Å²) in [6, 6.07) is 9.64. The number of carbonyl (C=O) groups excluding carboxylic acids is 1. The minimum absolute atomic E-state index is 0.0894. The van der Waals surface area contributed by atoms with Crippen molar-refractivity contribution in [3.05, 3.63) is 47.3 Å². The Bertz CT molecular complexity index is 544. The molecule has 0 radical (unpaired) electrons. The molecule has 0 aliphatic carbocycles. The van der Waals surface area contributed by atoms with E-state index >= 15 is 0 Å². The summed E-state index contributed by atoms with van der Waals surface area (Å²) in [5, 5.41) is 9.69. The van der Waals surface area contributed by atoms with Crippen molar-refractivity contribution in [3.63, 3.8) is 0 Å². The Morgan fingerprint density at radius 1 is 1.30 bits per heavy atom. The van der Waals surface area contributed by atoms with E-state index in [1.165, 1.54) is 0 Å². The first-order chi connectivity index (χ1) is 9.68. The SMILES string of the molecule is Cc1n[nH]c(C)c1C(=O)NCCCOc1ccccc1. The molecule has 0 aliphatic heterocycles. The molecule has 0 spiro atoms. The Balaban J connectivity index is 1.70. The van der Waals surface area contributed by atoms with Crippen LogP contribution in [0.3, 0.4) is 0 Å². The monoisotopic (exact) mass is 273 g/mol. The summed E-state index contributed by atoms with van der Waals surface area (Å²) in [7, 11) is 0. The first kappa shape index (κ1) is 14.1. The number of carbonyl (C=O) groups is 1. The van der Waals surface area contributed by atoms with Crippen molar-refractivity contribution in [3.8, 4) is 5.75 Å². The number of benzene rings is 1. The lowest BCUT2D eigenvalue weighted by atomic mass is 10.2. The van der Waals surface area contributed by atoms with Crippen LogP contribution in [-0.2, 0) is 0 Å². The molecule has 2 aromatic rings. The van der Waals surface area contributed by atoms with Crippen LogP contribution in [0.1, 0.15) is 28.2 Å². The van der Waals surface area contributed by atoms with Crippen LogP contribution in [0.5, 0.6) is 5.75 Å². The van der Waals surface area contributed by atoms with Gasteiger partial charge in [-0.15, -0.1) is 0 Å². The molecule has 0 unspecified atom stereocenters. The van der Waals surface area contributed by atoms with Gasteiger partial charge in [0, 0.05) is 12.2 Å². The summed E-state index contributed by atoms with van der Waals surface area (Å²) in [4.78, 5) is 12.0. The Morgan fingerprint density at radius 2 is 2.05 bits per heavy atom. The van der Waals surface area contributed by atoms with Gasteiger partial charge in [0.15, 0.2) is 0 Å². The van der Waals surface area contributed by atoms with E-state index in [0.29, 0.717) is 18.7 Å². The number of ether oxygens (including phenoxy) is 1. The van der Waals surface area contributed by atoms with Gasteiger partial charge in [-0.2, -0.15) is 5.10 Å². The zero-order chi connectivity index (χ0) is 14.4. The van der Waals surface area contributed by atoms with Gasteiger partial charge < -0.3 is 10.1 Å². The lowest BCUT2D eigenvalue weighted by Crippen LogP contribution is -2.26. The molecule has 0 saturated heterocycles. The molecular formula is C15H19N3O2. The standard InChI is InChI=1S/C15H19N3O2/c1-11-14(12(2)18-17-11)15(19)16-9-6-10-20-13-7-4-3-5-8-13/h3-5,7-8H,6,9-10H2,1-2H3,(H,16,19)(H,17,18). The van der Waals surface area contributed by atoms with Gasteiger partial charge in [-0.3, -0.25) is 9.89 Å². The Kier molecular flexibility index (Phi) is 4.76. The molecule has 106 valence electrons. The topological polar surface area (TPSA) is 67.0 Å². The highest BCUT2D eigenvalue weighted by molar-refractivity contribution is 5.96. The highest BCUT2D eigenvalue weighted by Crippen LogP contribution is 2.09. The highest BCUT2D eigenvalue weighted by atomic mass is 16.5. The van der Waals surface area contributed by atoms with Crippen molar-refractivity contribution >= 4 is 5.91 Å². The normalized spacial score (nSPS) is 10.3. The molecule has 0 fully saturated rings. The number of aryl methyl sites for hydroxylation is 2. The van der Waals surface area contributed by atoms with E-state index < -0.39 is 0 Å². The molecule has 0 bridgehead atoms. The number of nitrogens with one attached hydrogen (secondary N) is 2. The average Bonchev–Trinajstić information content (AvgIpc) is 2.79. The minimum atomic E-state index is -0.0894. The number of H-pyrrole nitrogens is 1. The first-order valence-corrected chi connectivity index (χ1v) is 6.66. The third kappa shape index (κ3) is 3.60. The van der Waals surface area contributed by atoms with Crippen LogP contribution in [0.25, 0.3) is 0 Å². The average molecular weight is 273 g/mol. The third-order valence-electron chi connectivity index (χ3n) is 2.97. The van der Waals surface area contributed by atoms with Gasteiger partial charge in [-0.25, -0.2) is 0 Å². The fourth-order valence-corrected chi connectivity index (χ4v) is 1.95. The second-order valence-corrected chi connectivity index (χ2v) is 4.58. The van der Waals surface area contributed by atoms with E-state index in [1.807, 2.05) is 44.2 Å². The van der Waals surface area contributed by atoms with Crippen molar-refractivity contribution < 1.29 is 9.53 Å². The Hall–Kier alpha value is -2.30. The van der Waals surface area contributed by atoms with Gasteiger partial charge >= 0.3 is 0 Å². The van der Waals surface area contributed by atoms with Gasteiger partial charge in [0.05, 0.1) is 17.9 Å². The summed E-state index contributed by atoms with van der Waals surface area (Å²) in [6.07, 6.45) is 0.760. The number of rotatable bonds is 6. The second-order valence-electron chi connectivity index (χ2n) is 4.58. The van der Waals surface area contributed by atoms with Gasteiger partial charge in [0.25, 0.3) is 5.91 Å². The molecular weight excluding hydrogens is 254 g/mol. The van der Waals surface area contributed by atoms with Crippen LogP contribution in [0.4, 0.5) is 0 Å². The van der Waals surface area contributed by atoms with Crippen LogP contribution < -0.4 is 10.1 Å². The fourth-order valence-electron chi connectivity index (χ4n) is 1.95. The van der Waals surface area contributed by atoms with Gasteiger partial charge in [0.2, 0.25) is 0 Å². The molecule has 1 aromatic carbocycles. The molecule has 5 heteroatoms. The Morgan fingerprint density at radius 3 is 2.70 bits per heavy atom. The molecule has 20 heavy (non-hydrogen) atoms. The summed E-state index contributed by atoms with van der Waals surface area (Å²) in [5.74, 6) is 0.758. The van der Waals surface area contributed by atoms with E-state index in [0.717, 1.165) is 23.6 Å². The molecule has 1 amide bonds. The predicted octanol–water partition coefficient (Wildman–Crippen LogP) is 2.23. The molecule has 0 atom stereocenters. The molecule has 0 saturated carbocycles. The number of nitrogens with zero attached hydrogens (tertiary/aromatic N) is 1. The van der Waals surface area contributed by atoms with Crippen LogP contribution in [0, 0.1) is 13.8 Å². The quantitative estimate of drug-likeness (QED) is 0.793. The van der Waals surface area contributed by atoms with Crippen molar-refractivity contribution in [2.75, 3.05) is 13.2 Å². The first-order valence-electron chi connectivity index (χ1n) is 6.66. The van der Waals surface area contributed by atoms with Crippen molar-refractivity contribution in [1.29, 1.82) is 0 Å². The van der Waals surface area contributed by atoms with E-state index in [2.05, 4.69) is 15.5 Å². The summed E-state index contributed by atoms with van der Waals surface area (Å²) in [6.45, 7) is 4.81. The number of hydrogen-bond donors (Lipinski definition) is 2. The lowest BCUT2D eigenvalue weighted by molar-refractivity contribution is 0.0950. The maximum absolute atomic E-state index is 12.0. The molecule has 0 aliphatic rings. The smallest absolute Gasteiger partial charge is 0.255 e. The number of aromatic amines is 1. The van der Waals surface area contributed by atoms with E-state index in [-0.39, 0.29) is 5.91 Å². The van der Waals surface area contributed by atoms with E-state index in [9.17, 15) is 4.79 Å². The van der Waals surface area contributed by atoms with Gasteiger partial charge in [0.1, 0.15) is 5.75 Å². The maximum atomic E-state index is 12.0. The summed E-state index contributed by atoms with van der Waals surface area (Å²) in [5.41, 5.74) is 2.15. The molecule has 5 nitrogen and oxygen atoms in total.